The molecule has 2 unspecified atom stereocenters. The maximum atomic E-state index is 6.68. The van der Waals surface area contributed by atoms with Crippen molar-refractivity contribution in [3.8, 4) is 22.8 Å². The zero-order chi connectivity index (χ0) is 26.8. The Kier molecular flexibility index (Phi) is 8.11. The summed E-state index contributed by atoms with van der Waals surface area (Å²) < 4.78 is 22.2. The van der Waals surface area contributed by atoms with Gasteiger partial charge in [-0.2, -0.15) is 0 Å². The first kappa shape index (κ1) is 26.8. The monoisotopic (exact) mass is 559 g/mol. The SMILES string of the molecule is C=CC1OC1N[C@H]1CCOC[C@H]1Nc1cc2c(NCC)nc(-c3c(Cl)c(OC)cc(OC)c3Cl)cc2cn1. The second-order valence-electron chi connectivity index (χ2n) is 9.11. The van der Waals surface area contributed by atoms with Gasteiger partial charge < -0.3 is 29.6 Å². The van der Waals surface area contributed by atoms with Crippen molar-refractivity contribution in [2.24, 2.45) is 0 Å². The molecular formula is C27H31Cl2N5O4. The van der Waals surface area contributed by atoms with Crippen LogP contribution >= 0.6 is 23.2 Å². The molecule has 9 nitrogen and oxygen atoms in total. The molecule has 0 bridgehead atoms. The van der Waals surface area contributed by atoms with Gasteiger partial charge in [0.25, 0.3) is 0 Å². The molecule has 0 radical (unpaired) electrons. The predicted octanol–water partition coefficient (Wildman–Crippen LogP) is 5.12. The number of anilines is 2. The highest BCUT2D eigenvalue weighted by Crippen LogP contribution is 2.46. The molecule has 2 aliphatic rings. The minimum atomic E-state index is 0.00123. The Labute approximate surface area is 231 Å². The lowest BCUT2D eigenvalue weighted by Gasteiger charge is -2.33. The lowest BCUT2D eigenvalue weighted by molar-refractivity contribution is 0.0643. The molecule has 3 aromatic rings. The van der Waals surface area contributed by atoms with Crippen molar-refractivity contribution in [3.05, 3.63) is 47.1 Å². The summed E-state index contributed by atoms with van der Waals surface area (Å²) in [6, 6.07) is 5.76. The van der Waals surface area contributed by atoms with Crippen LogP contribution in [0.1, 0.15) is 13.3 Å². The van der Waals surface area contributed by atoms with E-state index in [0.29, 0.717) is 58.4 Å². The van der Waals surface area contributed by atoms with Crippen LogP contribution in [0.15, 0.2) is 37.1 Å². The standard InChI is InChI=1S/C27H31Cl2N5O4/c1-5-19-27(38-19)34-16-7-8-37-13-18(16)32-22-10-15-14(12-31-22)9-17(33-26(15)30-6-2)23-24(28)20(35-3)11-21(36-4)25(23)29/h5,9-12,16,18-19,27,34H,1,6-8,13H2,2-4H3,(H,30,33)(H,31,32)/t16-,18+,19?,27?/m0/s1. The Morgan fingerprint density at radius 1 is 1.13 bits per heavy atom. The van der Waals surface area contributed by atoms with Gasteiger partial charge in [-0.15, -0.1) is 6.58 Å². The number of rotatable bonds is 10. The second kappa shape index (κ2) is 11.5. The molecule has 0 amide bonds. The van der Waals surface area contributed by atoms with E-state index in [9.17, 15) is 0 Å². The van der Waals surface area contributed by atoms with Crippen LogP contribution < -0.4 is 25.4 Å². The largest absolute Gasteiger partial charge is 0.495 e. The molecule has 38 heavy (non-hydrogen) atoms. The third-order valence-electron chi connectivity index (χ3n) is 6.71. The normalized spacial score (nSPS) is 22.7. The van der Waals surface area contributed by atoms with E-state index in [1.165, 1.54) is 0 Å². The number of fused-ring (bicyclic) bond motifs is 1. The van der Waals surface area contributed by atoms with E-state index in [0.717, 1.165) is 23.0 Å². The summed E-state index contributed by atoms with van der Waals surface area (Å²) in [7, 11) is 3.09. The maximum Gasteiger partial charge on any atom is 0.141 e. The number of nitrogens with zero attached hydrogens (tertiary/aromatic N) is 2. The molecule has 11 heteroatoms. The fourth-order valence-electron chi connectivity index (χ4n) is 4.68. The predicted molar refractivity (Wildman–Crippen MR) is 151 cm³/mol. The van der Waals surface area contributed by atoms with Crippen molar-refractivity contribution in [3.63, 3.8) is 0 Å². The highest BCUT2D eigenvalue weighted by Gasteiger charge is 2.40. The number of nitrogens with one attached hydrogen (secondary N) is 3. The lowest BCUT2D eigenvalue weighted by Crippen LogP contribution is -2.51. The highest BCUT2D eigenvalue weighted by molar-refractivity contribution is 6.41. The van der Waals surface area contributed by atoms with E-state index in [-0.39, 0.29) is 24.4 Å². The van der Waals surface area contributed by atoms with Crippen molar-refractivity contribution in [2.75, 3.05) is 44.6 Å². The third kappa shape index (κ3) is 5.34. The van der Waals surface area contributed by atoms with E-state index < -0.39 is 0 Å². The van der Waals surface area contributed by atoms with Crippen molar-refractivity contribution in [2.45, 2.75) is 37.8 Å². The Hall–Kier alpha value is -2.82. The minimum absolute atomic E-state index is 0.00123. The quantitative estimate of drug-likeness (QED) is 0.230. The van der Waals surface area contributed by atoms with E-state index in [2.05, 4.69) is 22.5 Å². The number of methoxy groups -OCH3 is 2. The zero-order valence-electron chi connectivity index (χ0n) is 21.5. The van der Waals surface area contributed by atoms with Crippen LogP contribution in [0.4, 0.5) is 11.6 Å². The summed E-state index contributed by atoms with van der Waals surface area (Å²) in [4.78, 5) is 9.59. The molecule has 2 aromatic heterocycles. The lowest BCUT2D eigenvalue weighted by atomic mass is 10.0. The Morgan fingerprint density at radius 3 is 2.55 bits per heavy atom. The van der Waals surface area contributed by atoms with Gasteiger partial charge in [-0.3, -0.25) is 5.32 Å². The van der Waals surface area contributed by atoms with Gasteiger partial charge in [0, 0.05) is 47.8 Å². The summed E-state index contributed by atoms with van der Waals surface area (Å²) in [5, 5.41) is 13.0. The Balaban J connectivity index is 1.49. The smallest absolute Gasteiger partial charge is 0.141 e. The molecule has 0 saturated carbocycles. The molecule has 4 atom stereocenters. The number of epoxide rings is 1. The molecule has 0 spiro atoms. The van der Waals surface area contributed by atoms with Gasteiger partial charge in [0.2, 0.25) is 0 Å². The summed E-state index contributed by atoms with van der Waals surface area (Å²) in [6.07, 6.45) is 4.56. The van der Waals surface area contributed by atoms with Crippen LogP contribution in [-0.4, -0.2) is 68.4 Å². The molecular weight excluding hydrogens is 529 g/mol. The average molecular weight is 560 g/mol. The minimum Gasteiger partial charge on any atom is -0.495 e. The van der Waals surface area contributed by atoms with Crippen LogP contribution in [0, 0.1) is 0 Å². The van der Waals surface area contributed by atoms with Crippen LogP contribution in [-0.2, 0) is 9.47 Å². The average Bonchev–Trinajstić information content (AvgIpc) is 3.68. The van der Waals surface area contributed by atoms with Gasteiger partial charge in [-0.25, -0.2) is 9.97 Å². The number of hydrogen-bond donors (Lipinski definition) is 3. The molecule has 2 fully saturated rings. The van der Waals surface area contributed by atoms with Crippen molar-refractivity contribution < 1.29 is 18.9 Å². The molecule has 5 rings (SSSR count). The van der Waals surface area contributed by atoms with Gasteiger partial charge >= 0.3 is 0 Å². The number of hydrogen-bond acceptors (Lipinski definition) is 9. The van der Waals surface area contributed by atoms with Gasteiger partial charge in [-0.05, 0) is 25.5 Å². The van der Waals surface area contributed by atoms with Crippen LogP contribution in [0.5, 0.6) is 11.5 Å². The Morgan fingerprint density at radius 2 is 1.89 bits per heavy atom. The van der Waals surface area contributed by atoms with Gasteiger partial charge in [0.15, 0.2) is 0 Å². The van der Waals surface area contributed by atoms with Crippen LogP contribution in [0.2, 0.25) is 10.0 Å². The van der Waals surface area contributed by atoms with Crippen LogP contribution in [0.25, 0.3) is 22.0 Å². The fraction of sp³-hybridized carbons (Fsp3) is 0.407. The third-order valence-corrected chi connectivity index (χ3v) is 7.46. The number of benzene rings is 1. The van der Waals surface area contributed by atoms with E-state index in [4.69, 9.17) is 52.1 Å². The Bertz CT molecular complexity index is 1310. The van der Waals surface area contributed by atoms with Crippen molar-refractivity contribution >= 4 is 45.6 Å². The first-order valence-electron chi connectivity index (χ1n) is 12.5. The summed E-state index contributed by atoms with van der Waals surface area (Å²) >= 11 is 13.4. The number of aromatic nitrogens is 2. The van der Waals surface area contributed by atoms with Crippen molar-refractivity contribution in [1.29, 1.82) is 0 Å². The van der Waals surface area contributed by atoms with Crippen LogP contribution in [0.3, 0.4) is 0 Å². The van der Waals surface area contributed by atoms with E-state index >= 15 is 0 Å². The highest BCUT2D eigenvalue weighted by atomic mass is 35.5. The zero-order valence-corrected chi connectivity index (χ0v) is 23.0. The number of halogens is 2. The van der Waals surface area contributed by atoms with E-state index in [1.807, 2.05) is 31.3 Å². The van der Waals surface area contributed by atoms with Gasteiger partial charge in [0.05, 0.1) is 42.6 Å². The topological polar surface area (TPSA) is 102 Å². The van der Waals surface area contributed by atoms with Crippen molar-refractivity contribution in [1.82, 2.24) is 15.3 Å². The molecule has 2 saturated heterocycles. The summed E-state index contributed by atoms with van der Waals surface area (Å²) in [6.45, 7) is 7.76. The van der Waals surface area contributed by atoms with Gasteiger partial charge in [0.1, 0.15) is 35.5 Å². The van der Waals surface area contributed by atoms with Gasteiger partial charge in [-0.1, -0.05) is 29.3 Å². The number of pyridine rings is 2. The number of ether oxygens (including phenoxy) is 4. The molecule has 1 aromatic carbocycles. The fourth-order valence-corrected chi connectivity index (χ4v) is 5.38. The molecule has 2 aliphatic heterocycles. The molecule has 3 N–H and O–H groups in total. The molecule has 4 heterocycles. The summed E-state index contributed by atoms with van der Waals surface area (Å²) in [5.41, 5.74) is 1.11. The second-order valence-corrected chi connectivity index (χ2v) is 9.86. The molecule has 202 valence electrons. The maximum absolute atomic E-state index is 6.68. The summed E-state index contributed by atoms with van der Waals surface area (Å²) in [5.74, 6) is 2.31. The molecule has 0 aliphatic carbocycles. The first-order valence-corrected chi connectivity index (χ1v) is 13.3. The first-order chi connectivity index (χ1) is 18.5. The van der Waals surface area contributed by atoms with E-state index in [1.54, 1.807) is 20.3 Å².